The van der Waals surface area contributed by atoms with Gasteiger partial charge in [-0.3, -0.25) is 4.90 Å². The van der Waals surface area contributed by atoms with E-state index in [0.29, 0.717) is 11.4 Å². The zero-order valence-corrected chi connectivity index (χ0v) is 15.0. The van der Waals surface area contributed by atoms with Crippen LogP contribution in [0.4, 0.5) is 0 Å². The number of benzene rings is 1. The summed E-state index contributed by atoms with van der Waals surface area (Å²) in [5.74, 6) is 0.184. The van der Waals surface area contributed by atoms with E-state index in [1.54, 1.807) is 18.2 Å². The van der Waals surface area contributed by atoms with Gasteiger partial charge in [-0.05, 0) is 18.2 Å². The largest absolute Gasteiger partial charge is 0.314 e. The average Bonchev–Trinajstić information content (AvgIpc) is 2.38. The Morgan fingerprint density at radius 1 is 1.20 bits per heavy atom. The number of rotatable bonds is 4. The SMILES string of the molecule is Cl.Cl.O=S(=O)(CCN1CCNCC1)c1cccc(Br)c1. The molecular formula is C12H19BrCl2N2O2S. The van der Waals surface area contributed by atoms with E-state index in [9.17, 15) is 8.42 Å². The first-order valence-electron chi connectivity index (χ1n) is 5.99. The highest BCUT2D eigenvalue weighted by Gasteiger charge is 2.17. The molecule has 1 aliphatic heterocycles. The summed E-state index contributed by atoms with van der Waals surface area (Å²) in [4.78, 5) is 2.58. The van der Waals surface area contributed by atoms with Gasteiger partial charge in [0.15, 0.2) is 9.84 Å². The maximum absolute atomic E-state index is 12.2. The Labute approximate surface area is 141 Å². The van der Waals surface area contributed by atoms with Crippen molar-refractivity contribution in [3.63, 3.8) is 0 Å². The minimum Gasteiger partial charge on any atom is -0.314 e. The average molecular weight is 406 g/mol. The molecule has 8 heteroatoms. The molecule has 0 aromatic heterocycles. The second-order valence-electron chi connectivity index (χ2n) is 4.37. The van der Waals surface area contributed by atoms with Gasteiger partial charge >= 0.3 is 0 Å². The van der Waals surface area contributed by atoms with Crippen molar-refractivity contribution >= 4 is 50.6 Å². The number of hydrogen-bond donors (Lipinski definition) is 1. The maximum atomic E-state index is 12.2. The summed E-state index contributed by atoms with van der Waals surface area (Å²) in [5.41, 5.74) is 0. The van der Waals surface area contributed by atoms with E-state index in [1.807, 2.05) is 6.07 Å². The van der Waals surface area contributed by atoms with E-state index in [0.717, 1.165) is 30.7 Å². The first kappa shape index (κ1) is 20.1. The fourth-order valence-electron chi connectivity index (χ4n) is 1.96. The molecule has 1 fully saturated rings. The highest BCUT2D eigenvalue weighted by molar-refractivity contribution is 9.10. The third-order valence-electron chi connectivity index (χ3n) is 3.04. The molecule has 0 saturated carbocycles. The number of hydrogen-bond acceptors (Lipinski definition) is 4. The molecule has 0 amide bonds. The van der Waals surface area contributed by atoms with Gasteiger partial charge in [0.2, 0.25) is 0 Å². The van der Waals surface area contributed by atoms with E-state index in [1.165, 1.54) is 0 Å². The van der Waals surface area contributed by atoms with E-state index >= 15 is 0 Å². The third kappa shape index (κ3) is 5.87. The van der Waals surface area contributed by atoms with Crippen LogP contribution in [0.5, 0.6) is 0 Å². The van der Waals surface area contributed by atoms with Gasteiger partial charge < -0.3 is 5.32 Å². The van der Waals surface area contributed by atoms with Gasteiger partial charge in [0.05, 0.1) is 10.6 Å². The third-order valence-corrected chi connectivity index (χ3v) is 5.23. The van der Waals surface area contributed by atoms with Crippen molar-refractivity contribution in [2.75, 3.05) is 38.5 Å². The summed E-state index contributed by atoms with van der Waals surface area (Å²) in [6.07, 6.45) is 0. The van der Waals surface area contributed by atoms with Gasteiger partial charge in [0.25, 0.3) is 0 Å². The van der Waals surface area contributed by atoms with Crippen molar-refractivity contribution in [1.29, 1.82) is 0 Å². The van der Waals surface area contributed by atoms with Crippen molar-refractivity contribution in [3.8, 4) is 0 Å². The van der Waals surface area contributed by atoms with Crippen molar-refractivity contribution in [1.82, 2.24) is 10.2 Å². The Hall–Kier alpha value is 0.150. The van der Waals surface area contributed by atoms with Gasteiger partial charge in [-0.25, -0.2) is 8.42 Å². The Morgan fingerprint density at radius 3 is 2.45 bits per heavy atom. The monoisotopic (exact) mass is 404 g/mol. The Kier molecular flexibility index (Phi) is 9.29. The summed E-state index contributed by atoms with van der Waals surface area (Å²) in [5, 5.41) is 3.25. The summed E-state index contributed by atoms with van der Waals surface area (Å²) in [6.45, 7) is 4.34. The fraction of sp³-hybridized carbons (Fsp3) is 0.500. The van der Waals surface area contributed by atoms with E-state index in [-0.39, 0.29) is 30.6 Å². The zero-order chi connectivity index (χ0) is 13.0. The second-order valence-corrected chi connectivity index (χ2v) is 7.39. The minimum absolute atomic E-state index is 0. The lowest BCUT2D eigenvalue weighted by Gasteiger charge is -2.26. The van der Waals surface area contributed by atoms with Crippen LogP contribution in [0, 0.1) is 0 Å². The number of nitrogens with zero attached hydrogens (tertiary/aromatic N) is 1. The summed E-state index contributed by atoms with van der Waals surface area (Å²) < 4.78 is 25.1. The van der Waals surface area contributed by atoms with Crippen molar-refractivity contribution < 1.29 is 8.42 Å². The first-order valence-corrected chi connectivity index (χ1v) is 8.44. The second kappa shape index (κ2) is 9.23. The molecule has 1 N–H and O–H groups in total. The van der Waals surface area contributed by atoms with Gasteiger partial charge in [-0.15, -0.1) is 24.8 Å². The van der Waals surface area contributed by atoms with Crippen LogP contribution < -0.4 is 5.32 Å². The van der Waals surface area contributed by atoms with Gasteiger partial charge in [0.1, 0.15) is 0 Å². The van der Waals surface area contributed by atoms with Gasteiger partial charge in [-0.1, -0.05) is 22.0 Å². The lowest BCUT2D eigenvalue weighted by Crippen LogP contribution is -2.45. The molecule has 1 heterocycles. The van der Waals surface area contributed by atoms with Crippen LogP contribution in [-0.2, 0) is 9.84 Å². The molecule has 0 unspecified atom stereocenters. The van der Waals surface area contributed by atoms with E-state index < -0.39 is 9.84 Å². The molecular weight excluding hydrogens is 387 g/mol. The van der Waals surface area contributed by atoms with Gasteiger partial charge in [0, 0.05) is 37.2 Å². The van der Waals surface area contributed by atoms with Crippen LogP contribution in [0.15, 0.2) is 33.6 Å². The van der Waals surface area contributed by atoms with Crippen LogP contribution in [-0.4, -0.2) is 51.8 Å². The molecule has 0 bridgehead atoms. The highest BCUT2D eigenvalue weighted by atomic mass is 79.9. The molecule has 1 aromatic rings. The van der Waals surface area contributed by atoms with Crippen LogP contribution in [0.1, 0.15) is 0 Å². The zero-order valence-electron chi connectivity index (χ0n) is 10.9. The molecule has 0 aliphatic carbocycles. The predicted octanol–water partition coefficient (Wildman–Crippen LogP) is 1.97. The topological polar surface area (TPSA) is 49.4 Å². The van der Waals surface area contributed by atoms with Crippen LogP contribution >= 0.6 is 40.7 Å². The molecule has 0 spiro atoms. The number of sulfone groups is 1. The molecule has 1 aromatic carbocycles. The Morgan fingerprint density at radius 2 is 1.85 bits per heavy atom. The Bertz CT molecular complexity index is 508. The van der Waals surface area contributed by atoms with Crippen LogP contribution in [0.25, 0.3) is 0 Å². The van der Waals surface area contributed by atoms with Crippen LogP contribution in [0.2, 0.25) is 0 Å². The molecule has 20 heavy (non-hydrogen) atoms. The fourth-order valence-corrected chi connectivity index (χ4v) is 3.84. The van der Waals surface area contributed by atoms with Crippen LogP contribution in [0.3, 0.4) is 0 Å². The number of halogens is 3. The Balaban J connectivity index is 0.00000180. The lowest BCUT2D eigenvalue weighted by atomic mass is 10.4. The summed E-state index contributed by atoms with van der Waals surface area (Å²) in [7, 11) is -3.17. The number of nitrogens with one attached hydrogen (secondary N) is 1. The highest BCUT2D eigenvalue weighted by Crippen LogP contribution is 2.17. The van der Waals surface area contributed by atoms with E-state index in [4.69, 9.17) is 0 Å². The quantitative estimate of drug-likeness (QED) is 0.831. The molecule has 1 aliphatic rings. The summed E-state index contributed by atoms with van der Waals surface area (Å²) in [6, 6.07) is 6.89. The molecule has 1 saturated heterocycles. The number of piperazine rings is 1. The standard InChI is InChI=1S/C12H17BrN2O2S.2ClH/c13-11-2-1-3-12(10-11)18(16,17)9-8-15-6-4-14-5-7-15;;/h1-3,10,14H,4-9H2;2*1H. The normalized spacial score (nSPS) is 16.1. The molecule has 0 radical (unpaired) electrons. The van der Waals surface area contributed by atoms with Crippen molar-refractivity contribution in [3.05, 3.63) is 28.7 Å². The molecule has 4 nitrogen and oxygen atoms in total. The predicted molar refractivity (Wildman–Crippen MR) is 90.0 cm³/mol. The molecule has 116 valence electrons. The van der Waals surface area contributed by atoms with Crippen molar-refractivity contribution in [2.45, 2.75) is 4.90 Å². The first-order chi connectivity index (χ1) is 8.58. The minimum atomic E-state index is -3.17. The van der Waals surface area contributed by atoms with E-state index in [2.05, 4.69) is 26.1 Å². The lowest BCUT2D eigenvalue weighted by molar-refractivity contribution is 0.254. The van der Waals surface area contributed by atoms with Crippen molar-refractivity contribution in [2.24, 2.45) is 0 Å². The smallest absolute Gasteiger partial charge is 0.179 e. The molecule has 0 atom stereocenters. The molecule has 2 rings (SSSR count). The maximum Gasteiger partial charge on any atom is 0.179 e. The van der Waals surface area contributed by atoms with Gasteiger partial charge in [-0.2, -0.15) is 0 Å². The summed E-state index contributed by atoms with van der Waals surface area (Å²) >= 11 is 3.30.